The number of rotatable bonds is 6. The lowest BCUT2D eigenvalue weighted by Gasteiger charge is -2.34. The molecule has 5 heteroatoms. The van der Waals surface area contributed by atoms with Gasteiger partial charge in [-0.3, -0.25) is 9.69 Å². The molecular formula is C16H23ClN2OS. The lowest BCUT2D eigenvalue weighted by atomic mass is 10.2. The highest BCUT2D eigenvalue weighted by atomic mass is 35.5. The van der Waals surface area contributed by atoms with Crippen molar-refractivity contribution in [3.05, 3.63) is 34.9 Å². The Labute approximate surface area is 136 Å². The largest absolute Gasteiger partial charge is 0.339 e. The molecule has 116 valence electrons. The number of hydrogen-bond donors (Lipinski definition) is 0. The van der Waals surface area contributed by atoms with Crippen LogP contribution in [0, 0.1) is 0 Å². The smallest absolute Gasteiger partial charge is 0.232 e. The van der Waals surface area contributed by atoms with Crippen LogP contribution in [0.15, 0.2) is 24.3 Å². The highest BCUT2D eigenvalue weighted by Crippen LogP contribution is 2.13. The number of halogens is 1. The van der Waals surface area contributed by atoms with Gasteiger partial charge in [0.2, 0.25) is 5.91 Å². The summed E-state index contributed by atoms with van der Waals surface area (Å²) in [6.45, 7) is 6.68. The maximum Gasteiger partial charge on any atom is 0.232 e. The zero-order valence-corrected chi connectivity index (χ0v) is 14.1. The van der Waals surface area contributed by atoms with Crippen LogP contribution in [0.1, 0.15) is 18.9 Å². The van der Waals surface area contributed by atoms with Gasteiger partial charge in [-0.1, -0.05) is 30.7 Å². The van der Waals surface area contributed by atoms with E-state index in [1.807, 2.05) is 17.0 Å². The molecule has 1 aliphatic heterocycles. The fourth-order valence-corrected chi connectivity index (χ4v) is 3.31. The molecule has 0 N–H and O–H groups in total. The summed E-state index contributed by atoms with van der Waals surface area (Å²) in [5.41, 5.74) is 1.28. The maximum atomic E-state index is 12.0. The summed E-state index contributed by atoms with van der Waals surface area (Å²) in [5.74, 6) is 1.99. The third kappa shape index (κ3) is 5.53. The van der Waals surface area contributed by atoms with Crippen LogP contribution in [0.25, 0.3) is 0 Å². The summed E-state index contributed by atoms with van der Waals surface area (Å²) in [6.07, 6.45) is 1.13. The minimum atomic E-state index is 0.291. The van der Waals surface area contributed by atoms with Crippen LogP contribution in [-0.2, 0) is 11.3 Å². The molecule has 0 radical (unpaired) electrons. The van der Waals surface area contributed by atoms with Crippen molar-refractivity contribution in [1.29, 1.82) is 0 Å². The summed E-state index contributed by atoms with van der Waals surface area (Å²) >= 11 is 7.64. The molecule has 0 spiro atoms. The van der Waals surface area contributed by atoms with E-state index in [1.54, 1.807) is 11.8 Å². The summed E-state index contributed by atoms with van der Waals surface area (Å²) in [4.78, 5) is 16.4. The average molecular weight is 327 g/mol. The molecule has 1 aliphatic rings. The SMILES string of the molecule is CCCSCC(=O)N1CCN(Cc2ccc(Cl)cc2)CC1. The Morgan fingerprint density at radius 2 is 1.86 bits per heavy atom. The average Bonchev–Trinajstić information content (AvgIpc) is 2.50. The highest BCUT2D eigenvalue weighted by molar-refractivity contribution is 7.99. The molecule has 21 heavy (non-hydrogen) atoms. The number of benzene rings is 1. The van der Waals surface area contributed by atoms with Gasteiger partial charge in [-0.05, 0) is 29.9 Å². The van der Waals surface area contributed by atoms with Crippen molar-refractivity contribution in [2.45, 2.75) is 19.9 Å². The lowest BCUT2D eigenvalue weighted by Crippen LogP contribution is -2.48. The maximum absolute atomic E-state index is 12.0. The summed E-state index contributed by atoms with van der Waals surface area (Å²) in [7, 11) is 0. The topological polar surface area (TPSA) is 23.6 Å². The Balaban J connectivity index is 1.72. The van der Waals surface area contributed by atoms with E-state index in [0.717, 1.165) is 49.9 Å². The fourth-order valence-electron chi connectivity index (χ4n) is 2.40. The Hall–Kier alpha value is -0.710. The normalized spacial score (nSPS) is 16.2. The number of thioether (sulfide) groups is 1. The van der Waals surface area contributed by atoms with Crippen LogP contribution in [0.4, 0.5) is 0 Å². The second-order valence-corrected chi connectivity index (χ2v) is 6.88. The Morgan fingerprint density at radius 3 is 2.48 bits per heavy atom. The van der Waals surface area contributed by atoms with Crippen molar-refractivity contribution in [1.82, 2.24) is 9.80 Å². The number of carbonyl (C=O) groups excluding carboxylic acids is 1. The van der Waals surface area contributed by atoms with E-state index in [9.17, 15) is 4.79 Å². The van der Waals surface area contributed by atoms with E-state index in [2.05, 4.69) is 24.0 Å². The number of amides is 1. The lowest BCUT2D eigenvalue weighted by molar-refractivity contribution is -0.130. The molecule has 0 atom stereocenters. The van der Waals surface area contributed by atoms with E-state index >= 15 is 0 Å². The van der Waals surface area contributed by atoms with Crippen LogP contribution in [0.3, 0.4) is 0 Å². The van der Waals surface area contributed by atoms with Gasteiger partial charge in [-0.25, -0.2) is 0 Å². The molecule has 0 unspecified atom stereocenters. The Morgan fingerprint density at radius 1 is 1.19 bits per heavy atom. The molecule has 0 aromatic heterocycles. The predicted octanol–water partition coefficient (Wildman–Crippen LogP) is 3.13. The van der Waals surface area contributed by atoms with Crippen molar-refractivity contribution >= 4 is 29.3 Å². The third-order valence-corrected chi connectivity index (χ3v) is 5.02. The second kappa shape index (κ2) is 8.66. The molecule has 3 nitrogen and oxygen atoms in total. The van der Waals surface area contributed by atoms with Crippen LogP contribution in [0.5, 0.6) is 0 Å². The van der Waals surface area contributed by atoms with Crippen LogP contribution < -0.4 is 0 Å². The minimum Gasteiger partial charge on any atom is -0.339 e. The first kappa shape index (κ1) is 16.7. The van der Waals surface area contributed by atoms with Gasteiger partial charge in [-0.2, -0.15) is 11.8 Å². The third-order valence-electron chi connectivity index (χ3n) is 3.62. The molecule has 1 saturated heterocycles. The van der Waals surface area contributed by atoms with Crippen LogP contribution >= 0.6 is 23.4 Å². The number of nitrogens with zero attached hydrogens (tertiary/aromatic N) is 2. The Bertz CT molecular complexity index is 444. The second-order valence-electron chi connectivity index (χ2n) is 5.34. The van der Waals surface area contributed by atoms with Crippen molar-refractivity contribution in [2.24, 2.45) is 0 Å². The van der Waals surface area contributed by atoms with Crippen molar-refractivity contribution in [3.8, 4) is 0 Å². The van der Waals surface area contributed by atoms with Crippen molar-refractivity contribution < 1.29 is 4.79 Å². The van der Waals surface area contributed by atoms with Gasteiger partial charge in [0.25, 0.3) is 0 Å². The quantitative estimate of drug-likeness (QED) is 0.750. The van der Waals surface area contributed by atoms with Gasteiger partial charge in [-0.15, -0.1) is 0 Å². The number of carbonyl (C=O) groups is 1. The highest BCUT2D eigenvalue weighted by Gasteiger charge is 2.20. The molecule has 2 rings (SSSR count). The molecule has 1 heterocycles. The molecule has 1 amide bonds. The van der Waals surface area contributed by atoms with E-state index in [1.165, 1.54) is 5.56 Å². The molecule has 0 aliphatic carbocycles. The number of hydrogen-bond acceptors (Lipinski definition) is 3. The summed E-state index contributed by atoms with van der Waals surface area (Å²) in [6, 6.07) is 8.01. The Kier molecular flexibility index (Phi) is 6.87. The fraction of sp³-hybridized carbons (Fsp3) is 0.562. The van der Waals surface area contributed by atoms with Gasteiger partial charge in [0.05, 0.1) is 5.75 Å². The predicted molar refractivity (Wildman–Crippen MR) is 90.9 cm³/mol. The number of piperazine rings is 1. The molecule has 0 saturated carbocycles. The van der Waals surface area contributed by atoms with Gasteiger partial charge in [0, 0.05) is 37.7 Å². The van der Waals surface area contributed by atoms with Gasteiger partial charge < -0.3 is 4.90 Å². The van der Waals surface area contributed by atoms with E-state index in [0.29, 0.717) is 11.7 Å². The van der Waals surface area contributed by atoms with Crippen LogP contribution in [-0.4, -0.2) is 53.4 Å². The minimum absolute atomic E-state index is 0.291. The van der Waals surface area contributed by atoms with E-state index in [-0.39, 0.29) is 0 Å². The summed E-state index contributed by atoms with van der Waals surface area (Å²) in [5, 5.41) is 0.777. The standard InChI is InChI=1S/C16H23ClN2OS/c1-2-11-21-13-16(20)19-9-7-18(8-10-19)12-14-3-5-15(17)6-4-14/h3-6H,2,7-13H2,1H3. The molecule has 1 aromatic carbocycles. The van der Waals surface area contributed by atoms with Crippen LogP contribution in [0.2, 0.25) is 5.02 Å². The summed E-state index contributed by atoms with van der Waals surface area (Å²) < 4.78 is 0. The van der Waals surface area contributed by atoms with Crippen molar-refractivity contribution in [2.75, 3.05) is 37.7 Å². The van der Waals surface area contributed by atoms with Gasteiger partial charge in [0.1, 0.15) is 0 Å². The zero-order valence-electron chi connectivity index (χ0n) is 12.6. The monoisotopic (exact) mass is 326 g/mol. The van der Waals surface area contributed by atoms with Gasteiger partial charge in [0.15, 0.2) is 0 Å². The zero-order chi connectivity index (χ0) is 15.1. The van der Waals surface area contributed by atoms with E-state index < -0.39 is 0 Å². The first-order valence-corrected chi connectivity index (χ1v) is 9.04. The molecule has 1 fully saturated rings. The molecule has 0 bridgehead atoms. The first-order chi connectivity index (χ1) is 10.2. The van der Waals surface area contributed by atoms with Crippen molar-refractivity contribution in [3.63, 3.8) is 0 Å². The molecular weight excluding hydrogens is 304 g/mol. The molecule has 1 aromatic rings. The van der Waals surface area contributed by atoms with E-state index in [4.69, 9.17) is 11.6 Å². The first-order valence-electron chi connectivity index (χ1n) is 7.51. The van der Waals surface area contributed by atoms with Gasteiger partial charge >= 0.3 is 0 Å².